The maximum atomic E-state index is 10.7. The standard InChI is InChI=1S/C10H11NO2S/c12-10(13)8-6-14-9(11-8)7-4-2-1-3-5-7/h1-5,8-9,11H,6H2,(H,12,13)/t8?,9-/m1/s1. The summed E-state index contributed by atoms with van der Waals surface area (Å²) in [5.41, 5.74) is 1.14. The number of hydrogen-bond acceptors (Lipinski definition) is 3. The summed E-state index contributed by atoms with van der Waals surface area (Å²) in [7, 11) is 0. The molecular formula is C10H11NO2S. The Balaban J connectivity index is 2.06. The lowest BCUT2D eigenvalue weighted by molar-refractivity contribution is -0.138. The van der Waals surface area contributed by atoms with E-state index in [1.165, 1.54) is 0 Å². The summed E-state index contributed by atoms with van der Waals surface area (Å²) in [5.74, 6) is -0.134. The molecule has 1 saturated heterocycles. The molecule has 1 aromatic rings. The number of thioether (sulfide) groups is 1. The molecule has 1 heterocycles. The molecule has 1 aliphatic rings. The van der Waals surface area contributed by atoms with Gasteiger partial charge in [0.1, 0.15) is 6.04 Å². The van der Waals surface area contributed by atoms with Gasteiger partial charge in [-0.2, -0.15) is 0 Å². The third-order valence-corrected chi connectivity index (χ3v) is 3.45. The molecule has 2 atom stereocenters. The molecule has 0 aromatic heterocycles. The Labute approximate surface area is 86.5 Å². The topological polar surface area (TPSA) is 49.3 Å². The number of carbonyl (C=O) groups is 1. The zero-order chi connectivity index (χ0) is 9.97. The van der Waals surface area contributed by atoms with Crippen LogP contribution < -0.4 is 5.32 Å². The van der Waals surface area contributed by atoms with E-state index in [0.717, 1.165) is 5.56 Å². The van der Waals surface area contributed by atoms with Crippen LogP contribution >= 0.6 is 11.8 Å². The summed E-state index contributed by atoms with van der Waals surface area (Å²) in [5, 5.41) is 12.0. The minimum Gasteiger partial charge on any atom is -0.480 e. The molecule has 74 valence electrons. The van der Waals surface area contributed by atoms with Crippen LogP contribution in [0, 0.1) is 0 Å². The lowest BCUT2D eigenvalue weighted by atomic mass is 10.2. The minimum absolute atomic E-state index is 0.123. The van der Waals surface area contributed by atoms with E-state index in [-0.39, 0.29) is 5.37 Å². The first kappa shape index (κ1) is 9.55. The van der Waals surface area contributed by atoms with Gasteiger partial charge in [0, 0.05) is 5.75 Å². The van der Waals surface area contributed by atoms with Gasteiger partial charge in [-0.05, 0) is 5.56 Å². The zero-order valence-corrected chi connectivity index (χ0v) is 8.33. The molecule has 2 rings (SSSR count). The highest BCUT2D eigenvalue weighted by Crippen LogP contribution is 2.32. The van der Waals surface area contributed by atoms with Crippen LogP contribution in [0.5, 0.6) is 0 Å². The average molecular weight is 209 g/mol. The highest BCUT2D eigenvalue weighted by molar-refractivity contribution is 7.99. The number of rotatable bonds is 2. The minimum atomic E-state index is -0.768. The van der Waals surface area contributed by atoms with Gasteiger partial charge >= 0.3 is 5.97 Å². The van der Waals surface area contributed by atoms with Crippen LogP contribution in [0.25, 0.3) is 0 Å². The first-order valence-corrected chi connectivity index (χ1v) is 5.47. The van der Waals surface area contributed by atoms with Crippen LogP contribution in [-0.4, -0.2) is 22.9 Å². The summed E-state index contributed by atoms with van der Waals surface area (Å²) < 4.78 is 0. The van der Waals surface area contributed by atoms with Crippen molar-refractivity contribution >= 4 is 17.7 Å². The van der Waals surface area contributed by atoms with Gasteiger partial charge in [0.05, 0.1) is 5.37 Å². The second-order valence-electron chi connectivity index (χ2n) is 3.18. The fourth-order valence-corrected chi connectivity index (χ4v) is 2.67. The van der Waals surface area contributed by atoms with Crippen molar-refractivity contribution in [3.8, 4) is 0 Å². The van der Waals surface area contributed by atoms with Crippen LogP contribution in [0.4, 0.5) is 0 Å². The Morgan fingerprint density at radius 2 is 2.14 bits per heavy atom. The summed E-state index contributed by atoms with van der Waals surface area (Å²) in [6.07, 6.45) is 0. The Bertz CT molecular complexity index is 328. The fraction of sp³-hybridized carbons (Fsp3) is 0.300. The smallest absolute Gasteiger partial charge is 0.321 e. The van der Waals surface area contributed by atoms with Crippen molar-refractivity contribution < 1.29 is 9.90 Å². The van der Waals surface area contributed by atoms with Crippen molar-refractivity contribution in [2.45, 2.75) is 11.4 Å². The number of carboxylic acids is 1. The quantitative estimate of drug-likeness (QED) is 0.774. The SMILES string of the molecule is O=C(O)C1CS[C@H](c2ccccc2)N1. The Morgan fingerprint density at radius 1 is 1.43 bits per heavy atom. The van der Waals surface area contributed by atoms with Crippen LogP contribution in [0.3, 0.4) is 0 Å². The molecule has 0 saturated carbocycles. The summed E-state index contributed by atoms with van der Waals surface area (Å²) in [6.45, 7) is 0. The molecule has 2 N–H and O–H groups in total. The van der Waals surface area contributed by atoms with E-state index in [9.17, 15) is 4.79 Å². The lowest BCUT2D eigenvalue weighted by Gasteiger charge is -2.10. The summed E-state index contributed by atoms with van der Waals surface area (Å²) in [4.78, 5) is 10.7. The van der Waals surface area contributed by atoms with Gasteiger partial charge in [-0.3, -0.25) is 10.1 Å². The van der Waals surface area contributed by atoms with E-state index in [2.05, 4.69) is 5.32 Å². The third kappa shape index (κ3) is 1.91. The van der Waals surface area contributed by atoms with Crippen LogP contribution in [0.1, 0.15) is 10.9 Å². The van der Waals surface area contributed by atoms with Crippen molar-refractivity contribution in [1.29, 1.82) is 0 Å². The number of benzene rings is 1. The van der Waals surface area contributed by atoms with Gasteiger partial charge in [0.2, 0.25) is 0 Å². The average Bonchev–Trinajstić information content (AvgIpc) is 2.68. The van der Waals surface area contributed by atoms with Crippen LogP contribution in [-0.2, 0) is 4.79 Å². The predicted octanol–water partition coefficient (Wildman–Crippen LogP) is 1.47. The van der Waals surface area contributed by atoms with Crippen molar-refractivity contribution in [1.82, 2.24) is 5.32 Å². The molecule has 0 amide bonds. The maximum Gasteiger partial charge on any atom is 0.321 e. The Hall–Kier alpha value is -1.00. The molecular weight excluding hydrogens is 198 g/mol. The number of aliphatic carboxylic acids is 1. The van der Waals surface area contributed by atoms with Crippen LogP contribution in [0.15, 0.2) is 30.3 Å². The summed E-state index contributed by atoms with van der Waals surface area (Å²) in [6, 6.07) is 9.49. The molecule has 0 spiro atoms. The van der Waals surface area contributed by atoms with Crippen molar-refractivity contribution in [3.63, 3.8) is 0 Å². The second kappa shape index (κ2) is 4.02. The van der Waals surface area contributed by atoms with E-state index in [0.29, 0.717) is 5.75 Å². The Morgan fingerprint density at radius 3 is 2.71 bits per heavy atom. The van der Waals surface area contributed by atoms with Crippen LogP contribution in [0.2, 0.25) is 0 Å². The maximum absolute atomic E-state index is 10.7. The molecule has 1 aliphatic heterocycles. The first-order valence-electron chi connectivity index (χ1n) is 4.43. The molecule has 1 aromatic carbocycles. The molecule has 3 nitrogen and oxygen atoms in total. The Kier molecular flexibility index (Phi) is 2.74. The van der Waals surface area contributed by atoms with Crippen molar-refractivity contribution in [3.05, 3.63) is 35.9 Å². The fourth-order valence-electron chi connectivity index (χ4n) is 1.43. The molecule has 1 unspecified atom stereocenters. The van der Waals surface area contributed by atoms with Crippen molar-refractivity contribution in [2.24, 2.45) is 0 Å². The first-order chi connectivity index (χ1) is 6.77. The van der Waals surface area contributed by atoms with E-state index in [4.69, 9.17) is 5.11 Å². The van der Waals surface area contributed by atoms with E-state index < -0.39 is 12.0 Å². The zero-order valence-electron chi connectivity index (χ0n) is 7.51. The molecule has 4 heteroatoms. The second-order valence-corrected chi connectivity index (χ2v) is 4.32. The summed E-state index contributed by atoms with van der Waals surface area (Å²) >= 11 is 1.64. The molecule has 0 radical (unpaired) electrons. The molecule has 1 fully saturated rings. The normalized spacial score (nSPS) is 26.3. The third-order valence-electron chi connectivity index (χ3n) is 2.18. The van der Waals surface area contributed by atoms with Gasteiger partial charge in [0.15, 0.2) is 0 Å². The lowest BCUT2D eigenvalue weighted by Crippen LogP contribution is -2.33. The highest BCUT2D eigenvalue weighted by atomic mass is 32.2. The molecule has 0 bridgehead atoms. The van der Waals surface area contributed by atoms with Gasteiger partial charge in [-0.1, -0.05) is 30.3 Å². The molecule has 14 heavy (non-hydrogen) atoms. The number of hydrogen-bond donors (Lipinski definition) is 2. The molecule has 0 aliphatic carbocycles. The van der Waals surface area contributed by atoms with Gasteiger partial charge < -0.3 is 5.11 Å². The number of nitrogens with one attached hydrogen (secondary N) is 1. The van der Waals surface area contributed by atoms with Gasteiger partial charge in [0.25, 0.3) is 0 Å². The highest BCUT2D eigenvalue weighted by Gasteiger charge is 2.29. The van der Waals surface area contributed by atoms with Gasteiger partial charge in [-0.25, -0.2) is 0 Å². The van der Waals surface area contributed by atoms with E-state index >= 15 is 0 Å². The van der Waals surface area contributed by atoms with E-state index in [1.54, 1.807) is 11.8 Å². The van der Waals surface area contributed by atoms with Crippen molar-refractivity contribution in [2.75, 3.05) is 5.75 Å². The predicted molar refractivity (Wildman–Crippen MR) is 56.2 cm³/mol. The monoisotopic (exact) mass is 209 g/mol. The largest absolute Gasteiger partial charge is 0.480 e. The van der Waals surface area contributed by atoms with Gasteiger partial charge in [-0.15, -0.1) is 11.8 Å². The van der Waals surface area contributed by atoms with E-state index in [1.807, 2.05) is 30.3 Å². The number of carboxylic acid groups (broad SMARTS) is 1.